The predicted molar refractivity (Wildman–Crippen MR) is 32.4 cm³/mol. The summed E-state index contributed by atoms with van der Waals surface area (Å²) in [6.07, 6.45) is 0. The van der Waals surface area contributed by atoms with Gasteiger partial charge in [-0.05, 0) is 6.92 Å². The number of carbonyl (C=O) groups is 2. The Morgan fingerprint density at radius 2 is 1.70 bits per heavy atom. The van der Waals surface area contributed by atoms with Crippen LogP contribution in [0, 0.1) is 5.92 Å². The summed E-state index contributed by atoms with van der Waals surface area (Å²) in [5.74, 6) is -3.54. The lowest BCUT2D eigenvalue weighted by Crippen LogP contribution is -2.40. The van der Waals surface area contributed by atoms with Crippen molar-refractivity contribution in [2.24, 2.45) is 11.7 Å². The van der Waals surface area contributed by atoms with Crippen molar-refractivity contribution in [3.05, 3.63) is 0 Å². The van der Waals surface area contributed by atoms with E-state index in [4.69, 9.17) is 15.9 Å². The zero-order valence-corrected chi connectivity index (χ0v) is 5.44. The predicted octanol–water partition coefficient (Wildman–Crippen LogP) is -0.881. The molecule has 0 saturated carbocycles. The lowest BCUT2D eigenvalue weighted by atomic mass is 10.0. The Kier molecular flexibility index (Phi) is 2.82. The van der Waals surface area contributed by atoms with Gasteiger partial charge in [-0.1, -0.05) is 0 Å². The van der Waals surface area contributed by atoms with Gasteiger partial charge in [-0.25, -0.2) is 0 Å². The van der Waals surface area contributed by atoms with Crippen molar-refractivity contribution < 1.29 is 19.8 Å². The van der Waals surface area contributed by atoms with Crippen LogP contribution in [-0.2, 0) is 9.59 Å². The molecule has 0 spiro atoms. The lowest BCUT2D eigenvalue weighted by Gasteiger charge is -2.09. The van der Waals surface area contributed by atoms with E-state index in [0.717, 1.165) is 0 Å². The maximum Gasteiger partial charge on any atom is 0.321 e. The molecule has 10 heavy (non-hydrogen) atoms. The van der Waals surface area contributed by atoms with E-state index in [1.54, 1.807) is 0 Å². The van der Waals surface area contributed by atoms with Gasteiger partial charge in [0.2, 0.25) is 0 Å². The van der Waals surface area contributed by atoms with Gasteiger partial charge in [-0.2, -0.15) is 0 Å². The van der Waals surface area contributed by atoms with E-state index in [1.807, 2.05) is 0 Å². The molecule has 0 rings (SSSR count). The molecule has 0 fully saturated rings. The van der Waals surface area contributed by atoms with Gasteiger partial charge in [-0.3, -0.25) is 9.59 Å². The van der Waals surface area contributed by atoms with Crippen molar-refractivity contribution in [2.45, 2.75) is 13.0 Å². The number of aliphatic carboxylic acids is 2. The Morgan fingerprint density at radius 1 is 1.30 bits per heavy atom. The van der Waals surface area contributed by atoms with Crippen LogP contribution in [0.3, 0.4) is 0 Å². The van der Waals surface area contributed by atoms with E-state index in [1.165, 1.54) is 6.92 Å². The summed E-state index contributed by atoms with van der Waals surface area (Å²) in [7, 11) is 0. The molecular formula is C5H9NO4. The number of hydrogen-bond acceptors (Lipinski definition) is 3. The van der Waals surface area contributed by atoms with Gasteiger partial charge in [0, 0.05) is 0 Å². The Bertz CT molecular complexity index is 138. The first-order valence-electron chi connectivity index (χ1n) is 2.68. The largest absolute Gasteiger partial charge is 0.481 e. The highest BCUT2D eigenvalue weighted by Crippen LogP contribution is 1.99. The molecule has 2 atom stereocenters. The van der Waals surface area contributed by atoms with Crippen LogP contribution < -0.4 is 5.73 Å². The summed E-state index contributed by atoms with van der Waals surface area (Å²) in [5, 5.41) is 16.5. The van der Waals surface area contributed by atoms with Crippen molar-refractivity contribution in [3.8, 4) is 0 Å². The van der Waals surface area contributed by atoms with Gasteiger partial charge in [-0.15, -0.1) is 0 Å². The zero-order valence-electron chi connectivity index (χ0n) is 5.44. The minimum Gasteiger partial charge on any atom is -0.481 e. The molecule has 0 aromatic rings. The average molecular weight is 147 g/mol. The number of hydrogen-bond donors (Lipinski definition) is 3. The topological polar surface area (TPSA) is 101 Å². The third kappa shape index (κ3) is 2.02. The minimum absolute atomic E-state index is 1.04. The van der Waals surface area contributed by atoms with Gasteiger partial charge >= 0.3 is 11.9 Å². The maximum absolute atomic E-state index is 10.1. The second-order valence-electron chi connectivity index (χ2n) is 1.99. The van der Waals surface area contributed by atoms with E-state index < -0.39 is 23.9 Å². The normalized spacial score (nSPS) is 15.8. The molecule has 0 amide bonds. The highest BCUT2D eigenvalue weighted by Gasteiger charge is 2.25. The molecule has 0 heterocycles. The Balaban J connectivity index is 4.07. The molecule has 5 heteroatoms. The molecule has 0 bridgehead atoms. The first kappa shape index (κ1) is 8.90. The summed E-state index contributed by atoms with van der Waals surface area (Å²) in [6, 6.07) is -1.32. The monoisotopic (exact) mass is 147 g/mol. The van der Waals surface area contributed by atoms with Crippen LogP contribution in [0.1, 0.15) is 6.92 Å². The second-order valence-corrected chi connectivity index (χ2v) is 1.99. The molecule has 5 nitrogen and oxygen atoms in total. The van der Waals surface area contributed by atoms with Gasteiger partial charge in [0.05, 0.1) is 5.92 Å². The number of carboxylic acids is 2. The quantitative estimate of drug-likeness (QED) is 0.481. The van der Waals surface area contributed by atoms with Crippen molar-refractivity contribution in [1.29, 1.82) is 0 Å². The van der Waals surface area contributed by atoms with E-state index >= 15 is 0 Å². The summed E-state index contributed by atoms with van der Waals surface area (Å²) in [5.41, 5.74) is 4.98. The first-order chi connectivity index (χ1) is 4.46. The van der Waals surface area contributed by atoms with E-state index in [-0.39, 0.29) is 0 Å². The molecule has 0 aliphatic heterocycles. The van der Waals surface area contributed by atoms with E-state index in [2.05, 4.69) is 0 Å². The molecule has 0 aliphatic carbocycles. The van der Waals surface area contributed by atoms with E-state index in [9.17, 15) is 9.59 Å². The van der Waals surface area contributed by atoms with Crippen molar-refractivity contribution in [1.82, 2.24) is 0 Å². The standard InChI is InChI=1S/C5H9NO4/c1-2(4(7)8)3(6)5(9)10/h2-3H,6H2,1H3,(H,7,8)(H,9,10)/t2?,3-/m0/s1. The third-order valence-electron chi connectivity index (χ3n) is 1.21. The van der Waals surface area contributed by atoms with Crippen LogP contribution in [0.4, 0.5) is 0 Å². The van der Waals surface area contributed by atoms with Gasteiger partial charge in [0.15, 0.2) is 0 Å². The van der Waals surface area contributed by atoms with Crippen LogP contribution in [-0.4, -0.2) is 28.2 Å². The van der Waals surface area contributed by atoms with Crippen LogP contribution in [0.25, 0.3) is 0 Å². The van der Waals surface area contributed by atoms with Crippen LogP contribution in [0.2, 0.25) is 0 Å². The lowest BCUT2D eigenvalue weighted by molar-refractivity contribution is -0.149. The fourth-order valence-corrected chi connectivity index (χ4v) is 0.367. The molecule has 0 saturated heterocycles. The molecule has 58 valence electrons. The Hall–Kier alpha value is -1.10. The highest BCUT2D eigenvalue weighted by molar-refractivity contribution is 5.82. The van der Waals surface area contributed by atoms with Crippen molar-refractivity contribution in [3.63, 3.8) is 0 Å². The number of carboxylic acid groups (broad SMARTS) is 2. The molecule has 4 N–H and O–H groups in total. The highest BCUT2D eigenvalue weighted by atomic mass is 16.4. The molecule has 0 aliphatic rings. The molecule has 0 aromatic carbocycles. The fourth-order valence-electron chi connectivity index (χ4n) is 0.367. The van der Waals surface area contributed by atoms with Gasteiger partial charge < -0.3 is 15.9 Å². The Morgan fingerprint density at radius 3 is 1.80 bits per heavy atom. The summed E-state index contributed by atoms with van der Waals surface area (Å²) in [4.78, 5) is 20.2. The zero-order chi connectivity index (χ0) is 8.31. The second kappa shape index (κ2) is 3.17. The van der Waals surface area contributed by atoms with Gasteiger partial charge in [0.1, 0.15) is 6.04 Å². The summed E-state index contributed by atoms with van der Waals surface area (Å²) >= 11 is 0. The van der Waals surface area contributed by atoms with E-state index in [0.29, 0.717) is 0 Å². The Labute approximate surface area is 57.5 Å². The maximum atomic E-state index is 10.1. The average Bonchev–Trinajstić information content (AvgIpc) is 1.84. The SMILES string of the molecule is CC(C(=O)O)[C@H](N)C(=O)O. The minimum atomic E-state index is -1.32. The number of nitrogens with two attached hydrogens (primary N) is 1. The van der Waals surface area contributed by atoms with Gasteiger partial charge in [0.25, 0.3) is 0 Å². The molecular weight excluding hydrogens is 138 g/mol. The summed E-state index contributed by atoms with van der Waals surface area (Å²) < 4.78 is 0. The molecule has 0 radical (unpaired) electrons. The molecule has 1 unspecified atom stereocenters. The van der Waals surface area contributed by atoms with Crippen LogP contribution in [0.15, 0.2) is 0 Å². The van der Waals surface area contributed by atoms with Crippen LogP contribution in [0.5, 0.6) is 0 Å². The summed E-state index contributed by atoms with van der Waals surface area (Å²) in [6.45, 7) is 1.25. The van der Waals surface area contributed by atoms with Crippen molar-refractivity contribution in [2.75, 3.05) is 0 Å². The molecule has 0 aromatic heterocycles. The smallest absolute Gasteiger partial charge is 0.321 e. The van der Waals surface area contributed by atoms with Crippen LogP contribution >= 0.6 is 0 Å². The van der Waals surface area contributed by atoms with Crippen molar-refractivity contribution >= 4 is 11.9 Å². The third-order valence-corrected chi connectivity index (χ3v) is 1.21. The first-order valence-corrected chi connectivity index (χ1v) is 2.68. The number of rotatable bonds is 3. The fraction of sp³-hybridized carbons (Fsp3) is 0.600.